The fourth-order valence-corrected chi connectivity index (χ4v) is 4.20. The molecule has 1 amide bonds. The largest absolute Gasteiger partial charge is 0.488 e. The lowest BCUT2D eigenvalue weighted by Gasteiger charge is -2.34. The molecule has 0 bridgehead atoms. The van der Waals surface area contributed by atoms with E-state index in [1.165, 1.54) is 10.6 Å². The summed E-state index contributed by atoms with van der Waals surface area (Å²) < 4.78 is 30.5. The number of amides is 1. The highest BCUT2D eigenvalue weighted by atomic mass is 32.2. The second-order valence-electron chi connectivity index (χ2n) is 7.52. The molecule has 0 spiro atoms. The highest BCUT2D eigenvalue weighted by Gasteiger charge is 2.28. The number of fused-ring (bicyclic) bond motifs is 1. The highest BCUT2D eigenvalue weighted by Crippen LogP contribution is 2.33. The molecular weight excluding hydrogens is 340 g/mol. The van der Waals surface area contributed by atoms with Crippen LogP contribution in [0.4, 0.5) is 0 Å². The van der Waals surface area contributed by atoms with Gasteiger partial charge in [-0.15, -0.1) is 0 Å². The number of carbonyl (C=O) groups excluding carboxylic acids is 1. The maximum Gasteiger partial charge on any atom is 0.227 e. The maximum absolute atomic E-state index is 12.5. The molecule has 25 heavy (non-hydrogen) atoms. The Kier molecular flexibility index (Phi) is 4.81. The summed E-state index contributed by atoms with van der Waals surface area (Å²) in [6, 6.07) is 5.97. The van der Waals surface area contributed by atoms with Gasteiger partial charge in [0.1, 0.15) is 11.4 Å². The Balaban J connectivity index is 1.61. The van der Waals surface area contributed by atoms with Crippen molar-refractivity contribution in [2.24, 2.45) is 0 Å². The molecule has 1 saturated heterocycles. The highest BCUT2D eigenvalue weighted by molar-refractivity contribution is 7.88. The second kappa shape index (κ2) is 6.61. The molecule has 0 unspecified atom stereocenters. The zero-order valence-electron chi connectivity index (χ0n) is 15.1. The monoisotopic (exact) mass is 366 g/mol. The Morgan fingerprint density at radius 1 is 1.20 bits per heavy atom. The predicted octanol–water partition coefficient (Wildman–Crippen LogP) is 1.44. The lowest BCUT2D eigenvalue weighted by atomic mass is 9.93. The smallest absolute Gasteiger partial charge is 0.227 e. The number of ether oxygens (including phenoxy) is 1. The molecule has 7 heteroatoms. The summed E-state index contributed by atoms with van der Waals surface area (Å²) in [5, 5.41) is 0. The summed E-state index contributed by atoms with van der Waals surface area (Å²) in [5.41, 5.74) is 2.01. The van der Waals surface area contributed by atoms with E-state index in [4.69, 9.17) is 4.74 Å². The van der Waals surface area contributed by atoms with Gasteiger partial charge in [-0.25, -0.2) is 8.42 Å². The average molecular weight is 366 g/mol. The molecule has 1 fully saturated rings. The molecule has 2 aliphatic rings. The van der Waals surface area contributed by atoms with Crippen LogP contribution in [-0.4, -0.2) is 61.6 Å². The summed E-state index contributed by atoms with van der Waals surface area (Å²) in [6.07, 6.45) is 3.47. The molecule has 2 aliphatic heterocycles. The van der Waals surface area contributed by atoms with Gasteiger partial charge in [0.25, 0.3) is 0 Å². The number of nitrogens with zero attached hydrogens (tertiary/aromatic N) is 2. The van der Waals surface area contributed by atoms with E-state index in [2.05, 4.69) is 19.9 Å². The first-order valence-corrected chi connectivity index (χ1v) is 10.5. The van der Waals surface area contributed by atoms with Crippen LogP contribution in [0.2, 0.25) is 0 Å². The summed E-state index contributed by atoms with van der Waals surface area (Å²) >= 11 is 0. The predicted molar refractivity (Wildman–Crippen MR) is 96.2 cm³/mol. The van der Waals surface area contributed by atoms with Gasteiger partial charge in [-0.05, 0) is 43.9 Å². The van der Waals surface area contributed by atoms with Crippen LogP contribution in [0.15, 0.2) is 18.2 Å². The number of rotatable bonds is 3. The van der Waals surface area contributed by atoms with E-state index in [0.717, 1.165) is 29.7 Å². The number of hydrogen-bond acceptors (Lipinski definition) is 4. The Hall–Kier alpha value is -1.60. The number of carbonyl (C=O) groups is 1. The van der Waals surface area contributed by atoms with Crippen LogP contribution in [0.1, 0.15) is 31.4 Å². The van der Waals surface area contributed by atoms with Gasteiger partial charge in [0.05, 0.1) is 12.7 Å². The lowest BCUT2D eigenvalue weighted by Crippen LogP contribution is -2.50. The van der Waals surface area contributed by atoms with E-state index < -0.39 is 10.0 Å². The van der Waals surface area contributed by atoms with Crippen LogP contribution in [0.3, 0.4) is 0 Å². The molecule has 1 aromatic carbocycles. The third kappa shape index (κ3) is 4.33. The van der Waals surface area contributed by atoms with Crippen LogP contribution in [0.25, 0.3) is 0 Å². The normalized spacial score (nSPS) is 20.7. The number of sulfonamides is 1. The number of aryl methyl sites for hydroxylation is 1. The SMILES string of the molecule is CC1(C)CCc2cc(CC(=O)N3CCN(S(C)(=O)=O)CC3)ccc2O1. The molecule has 0 aliphatic carbocycles. The van der Waals surface area contributed by atoms with Crippen molar-refractivity contribution in [3.05, 3.63) is 29.3 Å². The van der Waals surface area contributed by atoms with Crippen LogP contribution in [-0.2, 0) is 27.7 Å². The fraction of sp³-hybridized carbons (Fsp3) is 0.611. The number of hydrogen-bond donors (Lipinski definition) is 0. The number of benzene rings is 1. The first-order valence-electron chi connectivity index (χ1n) is 8.68. The summed E-state index contributed by atoms with van der Waals surface area (Å²) in [7, 11) is -3.17. The van der Waals surface area contributed by atoms with Gasteiger partial charge < -0.3 is 9.64 Å². The van der Waals surface area contributed by atoms with Gasteiger partial charge in [-0.2, -0.15) is 4.31 Å². The van der Waals surface area contributed by atoms with Crippen molar-refractivity contribution in [2.75, 3.05) is 32.4 Å². The van der Waals surface area contributed by atoms with Gasteiger partial charge >= 0.3 is 0 Å². The molecule has 6 nitrogen and oxygen atoms in total. The second-order valence-corrected chi connectivity index (χ2v) is 9.51. The van der Waals surface area contributed by atoms with Gasteiger partial charge in [-0.3, -0.25) is 4.79 Å². The molecule has 0 radical (unpaired) electrons. The minimum atomic E-state index is -3.17. The molecule has 0 atom stereocenters. The fourth-order valence-electron chi connectivity index (χ4n) is 3.38. The van der Waals surface area contributed by atoms with Crippen molar-refractivity contribution in [3.63, 3.8) is 0 Å². The minimum absolute atomic E-state index is 0.0464. The van der Waals surface area contributed by atoms with Gasteiger partial charge in [0.2, 0.25) is 15.9 Å². The van der Waals surface area contributed by atoms with E-state index in [1.54, 1.807) is 4.90 Å². The van der Waals surface area contributed by atoms with Crippen molar-refractivity contribution in [3.8, 4) is 5.75 Å². The Morgan fingerprint density at radius 2 is 1.88 bits per heavy atom. The van der Waals surface area contributed by atoms with E-state index in [0.29, 0.717) is 32.6 Å². The molecule has 0 aromatic heterocycles. The summed E-state index contributed by atoms with van der Waals surface area (Å²) in [4.78, 5) is 14.3. The van der Waals surface area contributed by atoms with E-state index in [9.17, 15) is 13.2 Å². The minimum Gasteiger partial charge on any atom is -0.488 e. The standard InChI is InChI=1S/C18H26N2O4S/c1-18(2)7-6-15-12-14(4-5-16(15)24-18)13-17(21)19-8-10-20(11-9-19)25(3,22)23/h4-5,12H,6-11,13H2,1-3H3. The van der Waals surface area contributed by atoms with Crippen molar-refractivity contribution in [1.82, 2.24) is 9.21 Å². The molecule has 138 valence electrons. The molecule has 0 saturated carbocycles. The topological polar surface area (TPSA) is 66.9 Å². The van der Waals surface area contributed by atoms with Crippen molar-refractivity contribution < 1.29 is 17.9 Å². The van der Waals surface area contributed by atoms with Crippen LogP contribution < -0.4 is 4.74 Å². The zero-order chi connectivity index (χ0) is 18.2. The molecule has 1 aromatic rings. The molecule has 3 rings (SSSR count). The van der Waals surface area contributed by atoms with Crippen molar-refractivity contribution in [2.45, 2.75) is 38.7 Å². The summed E-state index contributed by atoms with van der Waals surface area (Å²) in [5.74, 6) is 0.958. The maximum atomic E-state index is 12.5. The molecular formula is C18H26N2O4S. The van der Waals surface area contributed by atoms with E-state index in [-0.39, 0.29) is 11.5 Å². The Labute approximate surface area is 149 Å². The van der Waals surface area contributed by atoms with E-state index >= 15 is 0 Å². The van der Waals surface area contributed by atoms with Crippen LogP contribution >= 0.6 is 0 Å². The zero-order valence-corrected chi connectivity index (χ0v) is 15.9. The molecule has 2 heterocycles. The van der Waals surface area contributed by atoms with E-state index in [1.807, 2.05) is 12.1 Å². The lowest BCUT2D eigenvalue weighted by molar-refractivity contribution is -0.131. The Bertz CT molecular complexity index is 765. The van der Waals surface area contributed by atoms with Gasteiger partial charge in [0, 0.05) is 26.2 Å². The van der Waals surface area contributed by atoms with Gasteiger partial charge in [0.15, 0.2) is 0 Å². The third-order valence-electron chi connectivity index (χ3n) is 4.92. The van der Waals surface area contributed by atoms with Gasteiger partial charge in [-0.1, -0.05) is 12.1 Å². The third-order valence-corrected chi connectivity index (χ3v) is 6.23. The van der Waals surface area contributed by atoms with Crippen LogP contribution in [0, 0.1) is 0 Å². The summed E-state index contributed by atoms with van der Waals surface area (Å²) in [6.45, 7) is 5.82. The van der Waals surface area contributed by atoms with Crippen LogP contribution in [0.5, 0.6) is 5.75 Å². The molecule has 0 N–H and O–H groups in total. The quantitative estimate of drug-likeness (QED) is 0.812. The number of piperazine rings is 1. The first kappa shape index (κ1) is 18.2. The average Bonchev–Trinajstić information content (AvgIpc) is 2.54. The van der Waals surface area contributed by atoms with Crippen molar-refractivity contribution >= 4 is 15.9 Å². The van der Waals surface area contributed by atoms with Crippen molar-refractivity contribution in [1.29, 1.82) is 0 Å². The Morgan fingerprint density at radius 3 is 2.52 bits per heavy atom. The first-order chi connectivity index (χ1) is 11.6.